The van der Waals surface area contributed by atoms with Crippen molar-refractivity contribution < 1.29 is 4.42 Å². The van der Waals surface area contributed by atoms with Gasteiger partial charge in [-0.05, 0) is 133 Å². The summed E-state index contributed by atoms with van der Waals surface area (Å²) in [5.41, 5.74) is 16.3. The van der Waals surface area contributed by atoms with Gasteiger partial charge in [-0.2, -0.15) is 0 Å². The van der Waals surface area contributed by atoms with E-state index in [1.54, 1.807) is 0 Å². The van der Waals surface area contributed by atoms with Crippen molar-refractivity contribution in [1.29, 1.82) is 0 Å². The van der Waals surface area contributed by atoms with Crippen molar-refractivity contribution in [3.8, 4) is 66.8 Å². The summed E-state index contributed by atoms with van der Waals surface area (Å²) in [6, 6.07) is 74.8. The highest BCUT2D eigenvalue weighted by atomic mass is 32.1. The lowest BCUT2D eigenvalue weighted by Crippen LogP contribution is -1.86. The maximum absolute atomic E-state index is 6.09. The zero-order chi connectivity index (χ0) is 37.0. The monoisotopic (exact) mass is 730 g/mol. The van der Waals surface area contributed by atoms with E-state index in [-0.39, 0.29) is 0 Å². The first-order valence-electron chi connectivity index (χ1n) is 19.1. The van der Waals surface area contributed by atoms with Crippen molar-refractivity contribution in [2.45, 2.75) is 0 Å². The largest absolute Gasteiger partial charge is 0.456 e. The van der Waals surface area contributed by atoms with Crippen LogP contribution >= 0.6 is 11.3 Å². The quantitative estimate of drug-likeness (QED) is 0.166. The van der Waals surface area contributed by atoms with Crippen LogP contribution in [0.25, 0.3) is 109 Å². The van der Waals surface area contributed by atoms with Crippen LogP contribution < -0.4 is 0 Å². The summed E-state index contributed by atoms with van der Waals surface area (Å²) < 4.78 is 8.76. The SMILES string of the molecule is c1cc(-c2cccc(-c3cccc(-c4ccc5oc6ccccc6c5c4)c3)c2)cc(-c2cccc(-c3cccc(-c4ccc5sc6ccccc6c5c4)c3)c2)c1. The molecule has 0 aliphatic heterocycles. The summed E-state index contributed by atoms with van der Waals surface area (Å²) >= 11 is 1.86. The van der Waals surface area contributed by atoms with Gasteiger partial charge >= 0.3 is 0 Å². The molecule has 0 saturated carbocycles. The number of fused-ring (bicyclic) bond motifs is 6. The van der Waals surface area contributed by atoms with E-state index in [0.29, 0.717) is 0 Å². The third kappa shape index (κ3) is 5.80. The predicted molar refractivity (Wildman–Crippen MR) is 239 cm³/mol. The van der Waals surface area contributed by atoms with E-state index in [1.807, 2.05) is 23.5 Å². The zero-order valence-electron chi connectivity index (χ0n) is 30.4. The normalized spacial score (nSPS) is 11.6. The Balaban J connectivity index is 0.886. The Morgan fingerprint density at radius 1 is 0.232 bits per heavy atom. The maximum Gasteiger partial charge on any atom is 0.135 e. The molecule has 0 atom stereocenters. The first kappa shape index (κ1) is 32.4. The molecule has 2 heterocycles. The number of hydrogen-bond donors (Lipinski definition) is 0. The first-order valence-corrected chi connectivity index (χ1v) is 19.9. The van der Waals surface area contributed by atoms with Gasteiger partial charge in [0, 0.05) is 30.9 Å². The minimum Gasteiger partial charge on any atom is -0.456 e. The van der Waals surface area contributed by atoms with Gasteiger partial charge < -0.3 is 4.42 Å². The van der Waals surface area contributed by atoms with Crippen LogP contribution in [0, 0.1) is 0 Å². The molecule has 0 aliphatic carbocycles. The fourth-order valence-corrected chi connectivity index (χ4v) is 9.29. The second-order valence-electron chi connectivity index (χ2n) is 14.5. The second-order valence-corrected chi connectivity index (χ2v) is 15.6. The van der Waals surface area contributed by atoms with Gasteiger partial charge in [-0.15, -0.1) is 11.3 Å². The molecule has 0 aliphatic rings. The van der Waals surface area contributed by atoms with Crippen LogP contribution in [0.3, 0.4) is 0 Å². The van der Waals surface area contributed by atoms with E-state index < -0.39 is 0 Å². The van der Waals surface area contributed by atoms with Crippen LogP contribution in [0.15, 0.2) is 211 Å². The fraction of sp³-hybridized carbons (Fsp3) is 0. The standard InChI is InChI=1S/C54H34OS/c1-3-22-51-47(20-1)49-33-45(24-26-52(49)55-51)43-18-8-16-41(31-43)39-14-6-12-37(29-39)35-10-5-11-36(28-35)38-13-7-15-40(30-38)42-17-9-19-44(32-42)46-25-27-54-50(34-46)48-21-2-4-23-53(48)56-54/h1-34H. The topological polar surface area (TPSA) is 13.1 Å². The fourth-order valence-electron chi connectivity index (χ4n) is 8.20. The lowest BCUT2D eigenvalue weighted by molar-refractivity contribution is 0.669. The van der Waals surface area contributed by atoms with Gasteiger partial charge in [0.05, 0.1) is 0 Å². The number of benzene rings is 9. The molecule has 2 aromatic heterocycles. The van der Waals surface area contributed by atoms with Crippen molar-refractivity contribution in [3.63, 3.8) is 0 Å². The van der Waals surface area contributed by atoms with Crippen molar-refractivity contribution in [2.24, 2.45) is 0 Å². The molecular formula is C54H34OS. The summed E-state index contributed by atoms with van der Waals surface area (Å²) in [5, 5.41) is 4.94. The summed E-state index contributed by atoms with van der Waals surface area (Å²) in [5.74, 6) is 0. The Hall–Kier alpha value is -7.00. The first-order chi connectivity index (χ1) is 27.7. The minimum atomic E-state index is 0.916. The van der Waals surface area contributed by atoms with Crippen LogP contribution in [0.5, 0.6) is 0 Å². The van der Waals surface area contributed by atoms with Crippen LogP contribution in [0.4, 0.5) is 0 Å². The van der Waals surface area contributed by atoms with E-state index in [1.165, 1.54) is 86.9 Å². The molecule has 0 N–H and O–H groups in total. The molecule has 0 amide bonds. The summed E-state index contributed by atoms with van der Waals surface area (Å²) in [6.07, 6.45) is 0. The molecule has 0 fully saturated rings. The zero-order valence-corrected chi connectivity index (χ0v) is 31.3. The third-order valence-corrected chi connectivity index (χ3v) is 12.2. The van der Waals surface area contributed by atoms with Gasteiger partial charge in [0.2, 0.25) is 0 Å². The molecule has 0 unspecified atom stereocenters. The Morgan fingerprint density at radius 3 is 1.09 bits per heavy atom. The van der Waals surface area contributed by atoms with E-state index in [0.717, 1.165) is 21.9 Å². The molecule has 9 aromatic carbocycles. The van der Waals surface area contributed by atoms with Gasteiger partial charge in [0.15, 0.2) is 0 Å². The lowest BCUT2D eigenvalue weighted by Gasteiger charge is -2.11. The van der Waals surface area contributed by atoms with Crippen molar-refractivity contribution in [3.05, 3.63) is 206 Å². The van der Waals surface area contributed by atoms with Crippen molar-refractivity contribution in [1.82, 2.24) is 0 Å². The minimum absolute atomic E-state index is 0.916. The van der Waals surface area contributed by atoms with E-state index in [4.69, 9.17) is 4.42 Å². The van der Waals surface area contributed by atoms with Crippen LogP contribution in [-0.2, 0) is 0 Å². The van der Waals surface area contributed by atoms with E-state index in [2.05, 4.69) is 194 Å². The van der Waals surface area contributed by atoms with Crippen LogP contribution in [-0.4, -0.2) is 0 Å². The van der Waals surface area contributed by atoms with E-state index >= 15 is 0 Å². The molecular weight excluding hydrogens is 697 g/mol. The molecule has 262 valence electrons. The van der Waals surface area contributed by atoms with Crippen LogP contribution in [0.2, 0.25) is 0 Å². The van der Waals surface area contributed by atoms with Gasteiger partial charge in [-0.1, -0.05) is 140 Å². The van der Waals surface area contributed by atoms with Gasteiger partial charge in [-0.25, -0.2) is 0 Å². The Kier molecular flexibility index (Phi) is 7.75. The molecule has 0 radical (unpaired) electrons. The number of hydrogen-bond acceptors (Lipinski definition) is 2. The molecule has 11 rings (SSSR count). The molecule has 11 aromatic rings. The molecule has 2 heteroatoms. The van der Waals surface area contributed by atoms with Gasteiger partial charge in [0.25, 0.3) is 0 Å². The summed E-state index contributed by atoms with van der Waals surface area (Å²) in [7, 11) is 0. The average molecular weight is 731 g/mol. The molecule has 0 spiro atoms. The Bertz CT molecular complexity index is 3050. The number of para-hydroxylation sites is 1. The predicted octanol–water partition coefficient (Wildman–Crippen LogP) is 16.0. The van der Waals surface area contributed by atoms with Crippen LogP contribution in [0.1, 0.15) is 0 Å². The molecule has 0 bridgehead atoms. The van der Waals surface area contributed by atoms with E-state index in [9.17, 15) is 0 Å². The maximum atomic E-state index is 6.09. The number of thiophene rings is 1. The molecule has 56 heavy (non-hydrogen) atoms. The van der Waals surface area contributed by atoms with Crippen molar-refractivity contribution in [2.75, 3.05) is 0 Å². The molecule has 0 saturated heterocycles. The molecule has 1 nitrogen and oxygen atoms in total. The smallest absolute Gasteiger partial charge is 0.135 e. The average Bonchev–Trinajstić information content (AvgIpc) is 3.84. The van der Waals surface area contributed by atoms with Gasteiger partial charge in [0.1, 0.15) is 11.2 Å². The Labute approximate surface area is 329 Å². The highest BCUT2D eigenvalue weighted by Crippen LogP contribution is 2.39. The number of furan rings is 1. The van der Waals surface area contributed by atoms with Gasteiger partial charge in [-0.3, -0.25) is 0 Å². The summed E-state index contributed by atoms with van der Waals surface area (Å²) in [6.45, 7) is 0. The third-order valence-electron chi connectivity index (χ3n) is 11.1. The Morgan fingerprint density at radius 2 is 0.589 bits per heavy atom. The summed E-state index contributed by atoms with van der Waals surface area (Å²) in [4.78, 5) is 0. The number of rotatable bonds is 6. The lowest BCUT2D eigenvalue weighted by atomic mass is 9.93. The second kappa shape index (κ2) is 13.4. The highest BCUT2D eigenvalue weighted by Gasteiger charge is 2.12. The highest BCUT2D eigenvalue weighted by molar-refractivity contribution is 7.25. The van der Waals surface area contributed by atoms with Crippen molar-refractivity contribution >= 4 is 53.4 Å².